The van der Waals surface area contributed by atoms with Crippen molar-refractivity contribution in [2.75, 3.05) is 19.8 Å². The van der Waals surface area contributed by atoms with Gasteiger partial charge in [0, 0.05) is 12.3 Å². The summed E-state index contributed by atoms with van der Waals surface area (Å²) in [6.45, 7) is 7.76. The molecule has 0 amide bonds. The maximum atomic E-state index is 13.1. The van der Waals surface area contributed by atoms with E-state index in [9.17, 15) is 24.4 Å². The molecule has 8 nitrogen and oxygen atoms in total. The number of carbonyl (C=O) groups excluding carboxylic acids is 4. The second-order valence-electron chi connectivity index (χ2n) is 7.01. The quantitative estimate of drug-likeness (QED) is 0.348. The summed E-state index contributed by atoms with van der Waals surface area (Å²) in [6, 6.07) is 1.98. The third-order valence-electron chi connectivity index (χ3n) is 5.45. The smallest absolute Gasteiger partial charge is 0.326 e. The lowest BCUT2D eigenvalue weighted by atomic mass is 9.49. The molecular weight excluding hydrogens is 366 g/mol. The highest BCUT2D eigenvalue weighted by Gasteiger charge is 2.69. The number of ketones is 1. The predicted molar refractivity (Wildman–Crippen MR) is 97.6 cm³/mol. The second kappa shape index (κ2) is 9.67. The molecule has 0 unspecified atom stereocenters. The second-order valence-corrected chi connectivity index (χ2v) is 7.01. The van der Waals surface area contributed by atoms with Crippen LogP contribution in [0.5, 0.6) is 0 Å². The van der Waals surface area contributed by atoms with E-state index < -0.39 is 40.6 Å². The van der Waals surface area contributed by atoms with E-state index in [2.05, 4.69) is 0 Å². The van der Waals surface area contributed by atoms with E-state index in [1.54, 1.807) is 27.7 Å². The number of nitriles is 1. The Bertz CT molecular complexity index is 648. The number of esters is 3. The van der Waals surface area contributed by atoms with Crippen molar-refractivity contribution < 1.29 is 33.4 Å². The summed E-state index contributed by atoms with van der Waals surface area (Å²) in [6.07, 6.45) is -0.0330. The van der Waals surface area contributed by atoms with Crippen LogP contribution in [0.25, 0.3) is 0 Å². The Morgan fingerprint density at radius 1 is 0.964 bits per heavy atom. The van der Waals surface area contributed by atoms with Crippen molar-refractivity contribution in [3.8, 4) is 6.07 Å². The van der Waals surface area contributed by atoms with Gasteiger partial charge in [-0.2, -0.15) is 5.26 Å². The van der Waals surface area contributed by atoms with Gasteiger partial charge in [0.2, 0.25) is 0 Å². The van der Waals surface area contributed by atoms with Crippen LogP contribution in [-0.2, 0) is 33.4 Å². The fraction of sp³-hybridized carbons (Fsp3) is 0.750. The molecule has 0 bridgehead atoms. The molecule has 0 aromatic heterocycles. The van der Waals surface area contributed by atoms with Crippen LogP contribution >= 0.6 is 0 Å². The summed E-state index contributed by atoms with van der Waals surface area (Å²) in [7, 11) is 0. The average molecular weight is 395 g/mol. The molecule has 0 aromatic carbocycles. The van der Waals surface area contributed by atoms with E-state index in [0.717, 1.165) is 0 Å². The van der Waals surface area contributed by atoms with Crippen molar-refractivity contribution in [2.45, 2.75) is 53.9 Å². The minimum absolute atomic E-state index is 0.00153. The van der Waals surface area contributed by atoms with E-state index in [1.807, 2.05) is 6.07 Å². The maximum Gasteiger partial charge on any atom is 0.326 e. The van der Waals surface area contributed by atoms with Gasteiger partial charge in [0.25, 0.3) is 0 Å². The first-order valence-electron chi connectivity index (χ1n) is 9.61. The number of nitrogens with zero attached hydrogens (tertiary/aromatic N) is 1. The fourth-order valence-corrected chi connectivity index (χ4v) is 4.16. The van der Waals surface area contributed by atoms with E-state index in [-0.39, 0.29) is 44.9 Å². The van der Waals surface area contributed by atoms with Gasteiger partial charge < -0.3 is 19.0 Å². The van der Waals surface area contributed by atoms with Crippen LogP contribution in [0.3, 0.4) is 0 Å². The zero-order chi connectivity index (χ0) is 21.5. The van der Waals surface area contributed by atoms with Gasteiger partial charge in [-0.1, -0.05) is 6.92 Å². The van der Waals surface area contributed by atoms with Crippen LogP contribution < -0.4 is 0 Å². The highest BCUT2D eigenvalue weighted by molar-refractivity contribution is 6.03. The summed E-state index contributed by atoms with van der Waals surface area (Å²) >= 11 is 0. The van der Waals surface area contributed by atoms with Crippen LogP contribution in [0.15, 0.2) is 0 Å². The van der Waals surface area contributed by atoms with E-state index in [0.29, 0.717) is 0 Å². The van der Waals surface area contributed by atoms with Gasteiger partial charge in [-0.3, -0.25) is 14.4 Å². The molecule has 3 atom stereocenters. The molecule has 0 N–H and O–H groups in total. The van der Waals surface area contributed by atoms with Crippen LogP contribution in [0.4, 0.5) is 0 Å². The zero-order valence-electron chi connectivity index (χ0n) is 17.2. The predicted octanol–water partition coefficient (Wildman–Crippen LogP) is 2.20. The van der Waals surface area contributed by atoms with E-state index >= 15 is 0 Å². The fourth-order valence-electron chi connectivity index (χ4n) is 4.16. The Morgan fingerprint density at radius 2 is 1.43 bits per heavy atom. The summed E-state index contributed by atoms with van der Waals surface area (Å²) < 4.78 is 15.5. The van der Waals surface area contributed by atoms with Gasteiger partial charge >= 0.3 is 17.9 Å². The van der Waals surface area contributed by atoms with Crippen LogP contribution in [0.2, 0.25) is 0 Å². The van der Waals surface area contributed by atoms with Gasteiger partial charge in [0.05, 0.1) is 25.9 Å². The Balaban J connectivity index is 3.80. The summed E-state index contributed by atoms with van der Waals surface area (Å²) in [5.41, 5.74) is -3.77. The SMILES string of the molecule is CCOC(=O)C1(C(=O)OCC)[C@H](C)CC[C@@](C#N)(C(=O)OCC)[C@@H]1CC(C)=O. The van der Waals surface area contributed by atoms with Crippen LogP contribution in [0.1, 0.15) is 53.9 Å². The number of carbonyl (C=O) groups is 4. The first kappa shape index (κ1) is 23.6. The topological polar surface area (TPSA) is 120 Å². The average Bonchev–Trinajstić information content (AvgIpc) is 2.63. The molecule has 156 valence electrons. The minimum Gasteiger partial charge on any atom is -0.465 e. The molecule has 1 fully saturated rings. The third kappa shape index (κ3) is 3.89. The Hall–Kier alpha value is -2.43. The molecule has 0 aliphatic heterocycles. The summed E-state index contributed by atoms with van der Waals surface area (Å²) in [5, 5.41) is 10.00. The van der Waals surface area contributed by atoms with Crippen molar-refractivity contribution in [3.05, 3.63) is 0 Å². The molecule has 0 spiro atoms. The molecule has 1 aliphatic rings. The summed E-state index contributed by atoms with van der Waals surface area (Å²) in [5.74, 6) is -4.80. The number of ether oxygens (including phenoxy) is 3. The molecular formula is C20H29NO7. The monoisotopic (exact) mass is 395 g/mol. The van der Waals surface area contributed by atoms with Gasteiger partial charge in [-0.15, -0.1) is 0 Å². The molecule has 1 saturated carbocycles. The normalized spacial score (nSPS) is 25.9. The van der Waals surface area contributed by atoms with Crippen molar-refractivity contribution in [1.29, 1.82) is 5.26 Å². The van der Waals surface area contributed by atoms with E-state index in [4.69, 9.17) is 14.2 Å². The standard InChI is InChI=1S/C20H29NO7/c1-6-26-16(23)19(12-21)10-9-13(4)20(17(24)27-7-2,18(25)28-8-3)15(19)11-14(5)22/h13,15H,6-11H2,1-5H3/t13-,15+,19+/m1/s1. The number of Topliss-reactive ketones (excluding diaryl/α,β-unsaturated/α-hetero) is 1. The Kier molecular flexibility index (Phi) is 8.15. The molecule has 0 saturated heterocycles. The molecule has 0 radical (unpaired) electrons. The minimum atomic E-state index is -1.95. The zero-order valence-corrected chi connectivity index (χ0v) is 17.2. The molecule has 0 aromatic rings. The Labute approximate surface area is 165 Å². The number of hydrogen-bond donors (Lipinski definition) is 0. The van der Waals surface area contributed by atoms with Gasteiger partial charge in [-0.25, -0.2) is 0 Å². The first-order chi connectivity index (χ1) is 13.2. The van der Waals surface area contributed by atoms with Crippen LogP contribution in [-0.4, -0.2) is 43.5 Å². The molecule has 0 heterocycles. The Morgan fingerprint density at radius 3 is 1.82 bits per heavy atom. The number of rotatable bonds is 8. The van der Waals surface area contributed by atoms with Crippen molar-refractivity contribution in [2.24, 2.45) is 22.7 Å². The van der Waals surface area contributed by atoms with E-state index in [1.165, 1.54) is 6.92 Å². The highest BCUT2D eigenvalue weighted by atomic mass is 16.6. The molecule has 8 heteroatoms. The van der Waals surface area contributed by atoms with Crippen LogP contribution in [0, 0.1) is 34.0 Å². The summed E-state index contributed by atoms with van der Waals surface area (Å²) in [4.78, 5) is 51.2. The van der Waals surface area contributed by atoms with Crippen molar-refractivity contribution in [1.82, 2.24) is 0 Å². The third-order valence-corrected chi connectivity index (χ3v) is 5.45. The molecule has 1 rings (SSSR count). The maximum absolute atomic E-state index is 13.1. The molecule has 1 aliphatic carbocycles. The first-order valence-corrected chi connectivity index (χ1v) is 9.61. The van der Waals surface area contributed by atoms with Crippen molar-refractivity contribution in [3.63, 3.8) is 0 Å². The van der Waals surface area contributed by atoms with Gasteiger partial charge in [0.15, 0.2) is 10.8 Å². The lowest BCUT2D eigenvalue weighted by Crippen LogP contribution is -2.62. The van der Waals surface area contributed by atoms with Gasteiger partial charge in [0.1, 0.15) is 5.78 Å². The van der Waals surface area contributed by atoms with Gasteiger partial charge in [-0.05, 0) is 46.5 Å². The largest absolute Gasteiger partial charge is 0.465 e. The number of hydrogen-bond acceptors (Lipinski definition) is 8. The lowest BCUT2D eigenvalue weighted by molar-refractivity contribution is -0.196. The van der Waals surface area contributed by atoms with Crippen molar-refractivity contribution >= 4 is 23.7 Å². The lowest BCUT2D eigenvalue weighted by Gasteiger charge is -2.50. The molecule has 28 heavy (non-hydrogen) atoms. The highest BCUT2D eigenvalue weighted by Crippen LogP contribution is 2.57.